The molecule has 2 heterocycles. The van der Waals surface area contributed by atoms with Crippen LogP contribution in [-0.2, 0) is 10.0 Å². The Kier molecular flexibility index (Phi) is 4.05. The standard InChI is InChI=1S/C19H18ClN3O3S/c1-19(2)10-21-18-17(24)15-9-13(5-8-16(15)23(18)11-19)22-27(25,26)14-6-3-12(20)4-7-14/h3-9,22H,10-11H2,1-2H3. The van der Waals surface area contributed by atoms with Crippen LogP contribution >= 0.6 is 11.6 Å². The average molecular weight is 404 g/mol. The smallest absolute Gasteiger partial charge is 0.261 e. The van der Waals surface area contributed by atoms with Gasteiger partial charge in [0.15, 0.2) is 5.84 Å². The predicted molar refractivity (Wildman–Crippen MR) is 106 cm³/mol. The third kappa shape index (κ3) is 3.21. The molecule has 4 rings (SSSR count). The molecule has 140 valence electrons. The molecule has 0 unspecified atom stereocenters. The van der Waals surface area contributed by atoms with Gasteiger partial charge in [0.1, 0.15) is 0 Å². The van der Waals surface area contributed by atoms with Gasteiger partial charge in [-0.05, 0) is 42.5 Å². The summed E-state index contributed by atoms with van der Waals surface area (Å²) in [5, 5.41) is 0.456. The van der Waals surface area contributed by atoms with Crippen molar-refractivity contribution in [1.82, 2.24) is 0 Å². The molecule has 0 spiro atoms. The summed E-state index contributed by atoms with van der Waals surface area (Å²) in [6.45, 7) is 5.49. The van der Waals surface area contributed by atoms with Gasteiger partial charge in [0.25, 0.3) is 10.0 Å². The van der Waals surface area contributed by atoms with Gasteiger partial charge in [0.2, 0.25) is 5.78 Å². The number of hydrogen-bond donors (Lipinski definition) is 1. The number of rotatable bonds is 3. The molecule has 6 nitrogen and oxygen atoms in total. The topological polar surface area (TPSA) is 78.8 Å². The number of fused-ring (bicyclic) bond motifs is 3. The predicted octanol–water partition coefficient (Wildman–Crippen LogP) is 3.58. The Balaban J connectivity index is 1.66. The molecule has 0 saturated heterocycles. The van der Waals surface area contributed by atoms with Gasteiger partial charge in [0, 0.05) is 29.2 Å². The second-order valence-corrected chi connectivity index (χ2v) is 9.63. The van der Waals surface area contributed by atoms with Crippen molar-refractivity contribution in [2.45, 2.75) is 18.7 Å². The summed E-state index contributed by atoms with van der Waals surface area (Å²) in [6.07, 6.45) is 0. The molecular formula is C19H18ClN3O3S. The lowest BCUT2D eigenvalue weighted by atomic mass is 9.91. The van der Waals surface area contributed by atoms with E-state index in [9.17, 15) is 13.2 Å². The minimum Gasteiger partial charge on any atom is -0.322 e. The maximum atomic E-state index is 12.7. The number of hydrogen-bond acceptors (Lipinski definition) is 5. The minimum absolute atomic E-state index is 0.0275. The number of carbonyl (C=O) groups is 1. The third-order valence-corrected chi connectivity index (χ3v) is 6.26. The quantitative estimate of drug-likeness (QED) is 0.849. The Morgan fingerprint density at radius 2 is 1.85 bits per heavy atom. The van der Waals surface area contributed by atoms with Gasteiger partial charge < -0.3 is 4.90 Å². The lowest BCUT2D eigenvalue weighted by molar-refractivity contribution is 0.106. The van der Waals surface area contributed by atoms with Crippen molar-refractivity contribution in [3.63, 3.8) is 0 Å². The molecule has 0 radical (unpaired) electrons. The number of aliphatic imine (C=N–C) groups is 1. The van der Waals surface area contributed by atoms with Crippen LogP contribution in [0.25, 0.3) is 0 Å². The normalized spacial score (nSPS) is 18.0. The molecule has 0 fully saturated rings. The summed E-state index contributed by atoms with van der Waals surface area (Å²) in [5.41, 5.74) is 1.53. The number of sulfonamides is 1. The number of carbonyl (C=O) groups excluding carboxylic acids is 1. The summed E-state index contributed by atoms with van der Waals surface area (Å²) >= 11 is 5.81. The highest BCUT2D eigenvalue weighted by Crippen LogP contribution is 2.37. The molecule has 0 bridgehead atoms. The van der Waals surface area contributed by atoms with Crippen LogP contribution < -0.4 is 9.62 Å². The number of amidine groups is 1. The first-order valence-corrected chi connectivity index (χ1v) is 10.3. The monoisotopic (exact) mass is 403 g/mol. The molecule has 0 aromatic heterocycles. The fraction of sp³-hybridized carbons (Fsp3) is 0.263. The molecule has 2 aromatic carbocycles. The SMILES string of the molecule is CC1(C)CN=C2C(=O)c3cc(NS(=O)(=O)c4ccc(Cl)cc4)ccc3N2C1. The van der Waals surface area contributed by atoms with E-state index in [0.717, 1.165) is 5.69 Å². The average Bonchev–Trinajstić information content (AvgIpc) is 2.85. The van der Waals surface area contributed by atoms with Gasteiger partial charge in [-0.1, -0.05) is 25.4 Å². The summed E-state index contributed by atoms with van der Waals surface area (Å²) in [6, 6.07) is 10.9. The summed E-state index contributed by atoms with van der Waals surface area (Å²) in [7, 11) is -3.77. The van der Waals surface area contributed by atoms with E-state index in [-0.39, 0.29) is 16.1 Å². The molecule has 8 heteroatoms. The van der Waals surface area contributed by atoms with Crippen molar-refractivity contribution in [2.75, 3.05) is 22.7 Å². The zero-order chi connectivity index (χ0) is 19.4. The number of ketones is 1. The van der Waals surface area contributed by atoms with E-state index in [0.29, 0.717) is 35.2 Å². The summed E-state index contributed by atoms with van der Waals surface area (Å²) in [4.78, 5) is 19.2. The van der Waals surface area contributed by atoms with Crippen LogP contribution in [0.3, 0.4) is 0 Å². The van der Waals surface area contributed by atoms with Gasteiger partial charge in [-0.15, -0.1) is 0 Å². The van der Waals surface area contributed by atoms with Crippen molar-refractivity contribution in [3.05, 3.63) is 53.1 Å². The lowest BCUT2D eigenvalue weighted by Crippen LogP contribution is -2.44. The molecule has 2 aromatic rings. The number of nitrogens with one attached hydrogen (secondary N) is 1. The fourth-order valence-corrected chi connectivity index (χ4v) is 4.46. The number of Topliss-reactive ketones (excluding diaryl/α,β-unsaturated/α-hetero) is 1. The zero-order valence-corrected chi connectivity index (χ0v) is 16.4. The molecule has 0 atom stereocenters. The van der Waals surface area contributed by atoms with Crippen molar-refractivity contribution in [1.29, 1.82) is 0 Å². The Morgan fingerprint density at radius 3 is 2.56 bits per heavy atom. The second kappa shape index (κ2) is 6.07. The van der Waals surface area contributed by atoms with Crippen LogP contribution in [0, 0.1) is 5.41 Å². The maximum absolute atomic E-state index is 12.7. The Labute approximate surface area is 162 Å². The van der Waals surface area contributed by atoms with Crippen LogP contribution in [0.5, 0.6) is 0 Å². The lowest BCUT2D eigenvalue weighted by Gasteiger charge is -2.34. The van der Waals surface area contributed by atoms with E-state index < -0.39 is 10.0 Å². The van der Waals surface area contributed by atoms with Crippen LogP contribution in [0.15, 0.2) is 52.4 Å². The zero-order valence-electron chi connectivity index (χ0n) is 14.9. The summed E-state index contributed by atoms with van der Waals surface area (Å²) < 4.78 is 27.6. The highest BCUT2D eigenvalue weighted by atomic mass is 35.5. The summed E-state index contributed by atoms with van der Waals surface area (Å²) in [5.74, 6) is 0.259. The van der Waals surface area contributed by atoms with Crippen molar-refractivity contribution >= 4 is 44.6 Å². The Bertz CT molecular complexity index is 1080. The fourth-order valence-electron chi connectivity index (χ4n) is 3.29. The molecule has 2 aliphatic heterocycles. The van der Waals surface area contributed by atoms with Crippen LogP contribution in [0.1, 0.15) is 24.2 Å². The number of halogens is 1. The molecule has 2 aliphatic rings. The first-order valence-electron chi connectivity index (χ1n) is 8.45. The highest BCUT2D eigenvalue weighted by molar-refractivity contribution is 7.92. The number of benzene rings is 2. The van der Waals surface area contributed by atoms with Crippen LogP contribution in [0.2, 0.25) is 5.02 Å². The largest absolute Gasteiger partial charge is 0.322 e. The van der Waals surface area contributed by atoms with E-state index >= 15 is 0 Å². The van der Waals surface area contributed by atoms with Crippen molar-refractivity contribution in [3.8, 4) is 0 Å². The first kappa shape index (κ1) is 18.0. The van der Waals surface area contributed by atoms with Gasteiger partial charge in [-0.3, -0.25) is 14.5 Å². The number of anilines is 2. The second-order valence-electron chi connectivity index (χ2n) is 7.51. The molecule has 1 N–H and O–H groups in total. The Hall–Kier alpha value is -2.38. The van der Waals surface area contributed by atoms with Gasteiger partial charge in [0.05, 0.1) is 16.1 Å². The third-order valence-electron chi connectivity index (χ3n) is 4.61. The molecule has 27 heavy (non-hydrogen) atoms. The Morgan fingerprint density at radius 1 is 1.15 bits per heavy atom. The molecule has 0 amide bonds. The van der Waals surface area contributed by atoms with Gasteiger partial charge in [-0.25, -0.2) is 8.42 Å². The van der Waals surface area contributed by atoms with Gasteiger partial charge >= 0.3 is 0 Å². The maximum Gasteiger partial charge on any atom is 0.261 e. The minimum atomic E-state index is -3.77. The molecular weight excluding hydrogens is 386 g/mol. The van der Waals surface area contributed by atoms with E-state index in [2.05, 4.69) is 23.6 Å². The highest BCUT2D eigenvalue weighted by Gasteiger charge is 2.40. The van der Waals surface area contributed by atoms with E-state index in [4.69, 9.17) is 11.6 Å². The van der Waals surface area contributed by atoms with E-state index in [1.54, 1.807) is 18.2 Å². The van der Waals surface area contributed by atoms with Crippen LogP contribution in [-0.4, -0.2) is 33.1 Å². The van der Waals surface area contributed by atoms with Crippen molar-refractivity contribution in [2.24, 2.45) is 10.4 Å². The van der Waals surface area contributed by atoms with Crippen LogP contribution in [0.4, 0.5) is 11.4 Å². The van der Waals surface area contributed by atoms with E-state index in [1.165, 1.54) is 24.3 Å². The van der Waals surface area contributed by atoms with Crippen molar-refractivity contribution < 1.29 is 13.2 Å². The first-order chi connectivity index (χ1) is 12.7. The van der Waals surface area contributed by atoms with E-state index in [1.807, 2.05) is 4.90 Å². The van der Waals surface area contributed by atoms with Gasteiger partial charge in [-0.2, -0.15) is 0 Å². The molecule has 0 saturated carbocycles. The number of nitrogens with zero attached hydrogens (tertiary/aromatic N) is 2. The molecule has 0 aliphatic carbocycles.